The summed E-state index contributed by atoms with van der Waals surface area (Å²) in [5.74, 6) is 0.127. The van der Waals surface area contributed by atoms with Gasteiger partial charge in [0.1, 0.15) is 5.76 Å². The topological polar surface area (TPSA) is 93.4 Å². The molecule has 1 aliphatic rings. The van der Waals surface area contributed by atoms with Gasteiger partial charge in [0, 0.05) is 11.3 Å². The van der Waals surface area contributed by atoms with E-state index in [1.54, 1.807) is 12.1 Å². The average molecular weight is 430 g/mol. The summed E-state index contributed by atoms with van der Waals surface area (Å²) in [6, 6.07) is 3.02. The number of furan rings is 1. The van der Waals surface area contributed by atoms with Crippen molar-refractivity contribution in [1.29, 1.82) is 0 Å². The standard InChI is InChI=1S/C17H20ClN3O4S2/c1-11(2)26-17-19-8-14(18)15(20-17)16(22)21(9-13-4-3-6-25-13)12-5-7-27(23,24)10-12/h3-4,6,8,11-12H,5,7,9-10H2,1-2H3. The summed E-state index contributed by atoms with van der Waals surface area (Å²) in [4.78, 5) is 23.2. The van der Waals surface area contributed by atoms with Gasteiger partial charge in [0.25, 0.3) is 5.91 Å². The largest absolute Gasteiger partial charge is 0.467 e. The summed E-state index contributed by atoms with van der Waals surface area (Å²) in [6.07, 6.45) is 3.30. The predicted octanol–water partition coefficient (Wildman–Crippen LogP) is 3.05. The number of rotatable bonds is 6. The summed E-state index contributed by atoms with van der Waals surface area (Å²) in [6.45, 7) is 4.15. The van der Waals surface area contributed by atoms with Gasteiger partial charge >= 0.3 is 0 Å². The number of hydrogen-bond acceptors (Lipinski definition) is 7. The van der Waals surface area contributed by atoms with Crippen LogP contribution in [0.2, 0.25) is 5.02 Å². The highest BCUT2D eigenvalue weighted by Crippen LogP contribution is 2.26. The van der Waals surface area contributed by atoms with Crippen molar-refractivity contribution in [3.05, 3.63) is 41.1 Å². The Morgan fingerprint density at radius 2 is 2.26 bits per heavy atom. The fraction of sp³-hybridized carbons (Fsp3) is 0.471. The summed E-state index contributed by atoms with van der Waals surface area (Å²) >= 11 is 7.61. The smallest absolute Gasteiger partial charge is 0.274 e. The van der Waals surface area contributed by atoms with Gasteiger partial charge < -0.3 is 9.32 Å². The van der Waals surface area contributed by atoms with Crippen molar-refractivity contribution in [1.82, 2.24) is 14.9 Å². The van der Waals surface area contributed by atoms with Crippen molar-refractivity contribution in [2.75, 3.05) is 11.5 Å². The van der Waals surface area contributed by atoms with Crippen molar-refractivity contribution < 1.29 is 17.6 Å². The second-order valence-corrected chi connectivity index (χ2v) is 10.8. The molecule has 1 atom stereocenters. The maximum absolute atomic E-state index is 13.2. The highest BCUT2D eigenvalue weighted by Gasteiger charge is 2.36. The average Bonchev–Trinajstić information content (AvgIpc) is 3.22. The summed E-state index contributed by atoms with van der Waals surface area (Å²) in [5, 5.41) is 0.835. The van der Waals surface area contributed by atoms with E-state index in [9.17, 15) is 13.2 Å². The molecule has 0 aromatic carbocycles. The lowest BCUT2D eigenvalue weighted by Crippen LogP contribution is -2.41. The van der Waals surface area contributed by atoms with Crippen molar-refractivity contribution >= 4 is 39.1 Å². The first-order valence-electron chi connectivity index (χ1n) is 8.48. The normalized spacial score (nSPS) is 18.7. The third kappa shape index (κ3) is 5.03. The number of carbonyl (C=O) groups excluding carboxylic acids is 1. The van der Waals surface area contributed by atoms with Crippen LogP contribution in [0.5, 0.6) is 0 Å². The summed E-state index contributed by atoms with van der Waals surface area (Å²) < 4.78 is 29.2. The van der Waals surface area contributed by atoms with E-state index in [4.69, 9.17) is 16.0 Å². The molecule has 0 saturated carbocycles. The van der Waals surface area contributed by atoms with Crippen LogP contribution in [0.1, 0.15) is 36.5 Å². The number of aromatic nitrogens is 2. The molecular formula is C17H20ClN3O4S2. The Morgan fingerprint density at radius 3 is 2.85 bits per heavy atom. The summed E-state index contributed by atoms with van der Waals surface area (Å²) in [5.41, 5.74) is 0.0747. The van der Waals surface area contributed by atoms with E-state index < -0.39 is 21.8 Å². The highest BCUT2D eigenvalue weighted by atomic mass is 35.5. The Kier molecular flexibility index (Phi) is 6.12. The lowest BCUT2D eigenvalue weighted by Gasteiger charge is -2.27. The van der Waals surface area contributed by atoms with Crippen LogP contribution in [0.4, 0.5) is 0 Å². The van der Waals surface area contributed by atoms with E-state index in [0.717, 1.165) is 0 Å². The first-order valence-corrected chi connectivity index (χ1v) is 11.6. The molecule has 3 rings (SSSR count). The zero-order valence-corrected chi connectivity index (χ0v) is 17.4. The maximum Gasteiger partial charge on any atom is 0.274 e. The second-order valence-electron chi connectivity index (χ2n) is 6.59. The molecule has 0 aliphatic carbocycles. The molecule has 146 valence electrons. The minimum absolute atomic E-state index is 0.0611. The SMILES string of the molecule is CC(C)Sc1ncc(Cl)c(C(=O)N(Cc2ccco2)C2CCS(=O)(=O)C2)n1. The molecule has 0 spiro atoms. The van der Waals surface area contributed by atoms with Crippen molar-refractivity contribution in [3.8, 4) is 0 Å². The molecule has 1 aliphatic heterocycles. The molecule has 0 N–H and O–H groups in total. The number of thioether (sulfide) groups is 1. The van der Waals surface area contributed by atoms with Gasteiger partial charge in [0.15, 0.2) is 20.7 Å². The van der Waals surface area contributed by atoms with Gasteiger partial charge in [-0.3, -0.25) is 4.79 Å². The Morgan fingerprint density at radius 1 is 1.48 bits per heavy atom. The number of nitrogens with zero attached hydrogens (tertiary/aromatic N) is 3. The first-order chi connectivity index (χ1) is 12.7. The number of hydrogen-bond donors (Lipinski definition) is 0. The van der Waals surface area contributed by atoms with Crippen LogP contribution < -0.4 is 0 Å². The van der Waals surface area contributed by atoms with E-state index in [-0.39, 0.29) is 34.0 Å². The molecule has 1 amide bonds. The number of halogens is 1. The molecule has 0 bridgehead atoms. The molecule has 2 aromatic rings. The van der Waals surface area contributed by atoms with Crippen LogP contribution in [0.15, 0.2) is 34.2 Å². The van der Waals surface area contributed by atoms with Gasteiger partial charge in [-0.15, -0.1) is 0 Å². The van der Waals surface area contributed by atoms with E-state index in [1.165, 1.54) is 29.1 Å². The van der Waals surface area contributed by atoms with E-state index in [0.29, 0.717) is 17.3 Å². The lowest BCUT2D eigenvalue weighted by atomic mass is 10.2. The first kappa shape index (κ1) is 20.2. The lowest BCUT2D eigenvalue weighted by molar-refractivity contribution is 0.0659. The monoisotopic (exact) mass is 429 g/mol. The Balaban J connectivity index is 1.93. The van der Waals surface area contributed by atoms with Crippen molar-refractivity contribution in [3.63, 3.8) is 0 Å². The van der Waals surface area contributed by atoms with Crippen molar-refractivity contribution in [2.45, 2.75) is 43.3 Å². The predicted molar refractivity (Wildman–Crippen MR) is 104 cm³/mol. The zero-order valence-electron chi connectivity index (χ0n) is 15.0. The van der Waals surface area contributed by atoms with Crippen molar-refractivity contribution in [2.24, 2.45) is 0 Å². The molecular weight excluding hydrogens is 410 g/mol. The summed E-state index contributed by atoms with van der Waals surface area (Å²) in [7, 11) is -3.16. The fourth-order valence-corrected chi connectivity index (χ4v) is 5.44. The molecule has 1 unspecified atom stereocenters. The second kappa shape index (κ2) is 8.20. The van der Waals surface area contributed by atoms with E-state index >= 15 is 0 Å². The Hall–Kier alpha value is -1.58. The molecule has 10 heteroatoms. The molecule has 7 nitrogen and oxygen atoms in total. The molecule has 3 heterocycles. The van der Waals surface area contributed by atoms with Gasteiger partial charge in [0.2, 0.25) is 0 Å². The molecule has 2 aromatic heterocycles. The van der Waals surface area contributed by atoms with Crippen LogP contribution in [0.25, 0.3) is 0 Å². The van der Waals surface area contributed by atoms with Crippen LogP contribution in [-0.4, -0.2) is 52.0 Å². The molecule has 27 heavy (non-hydrogen) atoms. The van der Waals surface area contributed by atoms with Gasteiger partial charge in [0.05, 0.1) is 35.5 Å². The zero-order chi connectivity index (χ0) is 19.6. The fourth-order valence-electron chi connectivity index (χ4n) is 2.86. The quantitative estimate of drug-likeness (QED) is 0.514. The number of carbonyl (C=O) groups is 1. The molecule has 1 saturated heterocycles. The van der Waals surface area contributed by atoms with E-state index in [2.05, 4.69) is 9.97 Å². The number of sulfone groups is 1. The highest BCUT2D eigenvalue weighted by molar-refractivity contribution is 7.99. The number of amides is 1. The minimum atomic E-state index is -3.16. The third-order valence-electron chi connectivity index (χ3n) is 4.08. The molecule has 1 fully saturated rings. The van der Waals surface area contributed by atoms with Crippen LogP contribution in [0, 0.1) is 0 Å². The van der Waals surface area contributed by atoms with Crippen LogP contribution >= 0.6 is 23.4 Å². The van der Waals surface area contributed by atoms with Gasteiger partial charge in [-0.25, -0.2) is 18.4 Å². The van der Waals surface area contributed by atoms with Crippen LogP contribution in [0.3, 0.4) is 0 Å². The van der Waals surface area contributed by atoms with Crippen LogP contribution in [-0.2, 0) is 16.4 Å². The maximum atomic E-state index is 13.2. The Bertz CT molecular complexity index is 916. The van der Waals surface area contributed by atoms with Gasteiger partial charge in [-0.05, 0) is 18.6 Å². The third-order valence-corrected chi connectivity index (χ3v) is 6.99. The van der Waals surface area contributed by atoms with E-state index in [1.807, 2.05) is 13.8 Å². The van der Waals surface area contributed by atoms with Gasteiger partial charge in [-0.1, -0.05) is 37.2 Å². The minimum Gasteiger partial charge on any atom is -0.467 e. The Labute approximate surface area is 167 Å². The van der Waals surface area contributed by atoms with Gasteiger partial charge in [-0.2, -0.15) is 0 Å². The molecule has 0 radical (unpaired) electrons.